The summed E-state index contributed by atoms with van der Waals surface area (Å²) in [5.74, 6) is -0.947. The molecule has 11 heteroatoms. The molecular weight excluding hydrogens is 509 g/mol. The van der Waals surface area contributed by atoms with E-state index in [0.717, 1.165) is 20.8 Å². The number of aryl methyl sites for hydroxylation is 1. The molecule has 3 aromatic carbocycles. The molecule has 0 bridgehead atoms. The lowest BCUT2D eigenvalue weighted by molar-refractivity contribution is -0.137. The molecule has 1 amide bonds. The molecule has 0 aromatic heterocycles. The highest BCUT2D eigenvalue weighted by atomic mass is 35.5. The first-order chi connectivity index (χ1) is 15.9. The van der Waals surface area contributed by atoms with Crippen molar-refractivity contribution in [3.63, 3.8) is 0 Å². The monoisotopic (exact) mass is 528 g/mol. The second kappa shape index (κ2) is 10.3. The molecule has 0 spiro atoms. The molecule has 3 aromatic rings. The van der Waals surface area contributed by atoms with Crippen molar-refractivity contribution < 1.29 is 26.4 Å². The molecule has 0 radical (unpaired) electrons. The number of alkyl halides is 3. The van der Waals surface area contributed by atoms with Crippen LogP contribution in [0, 0.1) is 6.92 Å². The van der Waals surface area contributed by atoms with Crippen LogP contribution < -0.4 is 9.62 Å². The van der Waals surface area contributed by atoms with Gasteiger partial charge in [0, 0.05) is 9.92 Å². The molecule has 0 atom stereocenters. The van der Waals surface area contributed by atoms with Crippen molar-refractivity contribution in [2.24, 2.45) is 0 Å². The Morgan fingerprint density at radius 1 is 1.03 bits per heavy atom. The summed E-state index contributed by atoms with van der Waals surface area (Å²) >= 11 is 7.12. The Hall–Kier alpha value is -2.69. The summed E-state index contributed by atoms with van der Waals surface area (Å²) in [7, 11) is -4.20. The average Bonchev–Trinajstić information content (AvgIpc) is 2.78. The Morgan fingerprint density at radius 2 is 1.65 bits per heavy atom. The highest BCUT2D eigenvalue weighted by Crippen LogP contribution is 2.36. The molecule has 0 unspecified atom stereocenters. The number of thioether (sulfide) groups is 1. The molecule has 5 nitrogen and oxygen atoms in total. The summed E-state index contributed by atoms with van der Waals surface area (Å²) in [6.45, 7) is 1.07. The van der Waals surface area contributed by atoms with Gasteiger partial charge in [-0.15, -0.1) is 11.8 Å². The number of anilines is 2. The van der Waals surface area contributed by atoms with Gasteiger partial charge in [0.05, 0.1) is 21.8 Å². The molecule has 0 aliphatic heterocycles. The fourth-order valence-electron chi connectivity index (χ4n) is 3.08. The van der Waals surface area contributed by atoms with Crippen molar-refractivity contribution in [1.29, 1.82) is 0 Å². The van der Waals surface area contributed by atoms with Gasteiger partial charge in [0.2, 0.25) is 5.91 Å². The standard InChI is InChI=1S/C23H20ClF3N2O3S2/c1-15-3-6-17(7-4-15)29(34(31,32)19-10-8-18(33-2)9-11-19)14-22(30)28-21-12-5-16(24)13-20(21)23(25,26)27/h3-13H,14H2,1-2H3,(H,28,30). The van der Waals surface area contributed by atoms with Gasteiger partial charge in [0.1, 0.15) is 6.54 Å². The van der Waals surface area contributed by atoms with Gasteiger partial charge >= 0.3 is 6.18 Å². The topological polar surface area (TPSA) is 66.5 Å². The Balaban J connectivity index is 1.97. The van der Waals surface area contributed by atoms with E-state index < -0.39 is 39.9 Å². The van der Waals surface area contributed by atoms with E-state index >= 15 is 0 Å². The van der Waals surface area contributed by atoms with Gasteiger partial charge < -0.3 is 5.32 Å². The number of benzene rings is 3. The van der Waals surface area contributed by atoms with Crippen LogP contribution in [0.25, 0.3) is 0 Å². The number of halogens is 4. The minimum Gasteiger partial charge on any atom is -0.324 e. The third-order valence-electron chi connectivity index (χ3n) is 4.82. The molecule has 180 valence electrons. The minimum absolute atomic E-state index is 0.0545. The Morgan fingerprint density at radius 3 is 2.21 bits per heavy atom. The quantitative estimate of drug-likeness (QED) is 0.369. The minimum atomic E-state index is -4.77. The van der Waals surface area contributed by atoms with Crippen LogP contribution >= 0.6 is 23.4 Å². The van der Waals surface area contributed by atoms with Crippen molar-refractivity contribution in [1.82, 2.24) is 0 Å². The fourth-order valence-corrected chi connectivity index (χ4v) is 5.08. The third kappa shape index (κ3) is 6.05. The zero-order valence-electron chi connectivity index (χ0n) is 18.1. The fraction of sp³-hybridized carbons (Fsp3) is 0.174. The number of sulfonamides is 1. The third-order valence-corrected chi connectivity index (χ3v) is 7.58. The van der Waals surface area contributed by atoms with Crippen LogP contribution in [0.1, 0.15) is 11.1 Å². The molecule has 0 saturated carbocycles. The maximum Gasteiger partial charge on any atom is 0.418 e. The summed E-state index contributed by atoms with van der Waals surface area (Å²) in [4.78, 5) is 13.6. The lowest BCUT2D eigenvalue weighted by Crippen LogP contribution is -2.38. The predicted molar refractivity (Wildman–Crippen MR) is 129 cm³/mol. The van der Waals surface area contributed by atoms with Gasteiger partial charge in [-0.3, -0.25) is 9.10 Å². The van der Waals surface area contributed by atoms with Crippen LogP contribution in [0.3, 0.4) is 0 Å². The maximum absolute atomic E-state index is 13.4. The van der Waals surface area contributed by atoms with E-state index in [4.69, 9.17) is 11.6 Å². The molecule has 0 fully saturated rings. The van der Waals surface area contributed by atoms with Crippen molar-refractivity contribution in [2.75, 3.05) is 22.4 Å². The Bertz CT molecular complexity index is 1280. The molecular formula is C23H20ClF3N2O3S2. The lowest BCUT2D eigenvalue weighted by atomic mass is 10.1. The van der Waals surface area contributed by atoms with E-state index in [9.17, 15) is 26.4 Å². The first-order valence-corrected chi connectivity index (χ1v) is 12.9. The number of amides is 1. The van der Waals surface area contributed by atoms with E-state index in [2.05, 4.69) is 5.32 Å². The smallest absolute Gasteiger partial charge is 0.324 e. The van der Waals surface area contributed by atoms with E-state index in [1.165, 1.54) is 42.1 Å². The lowest BCUT2D eigenvalue weighted by Gasteiger charge is -2.25. The van der Waals surface area contributed by atoms with Crippen LogP contribution in [0.2, 0.25) is 5.02 Å². The number of nitrogens with one attached hydrogen (secondary N) is 1. The molecule has 0 saturated heterocycles. The second-order valence-electron chi connectivity index (χ2n) is 7.26. The van der Waals surface area contributed by atoms with E-state index in [-0.39, 0.29) is 15.6 Å². The highest BCUT2D eigenvalue weighted by Gasteiger charge is 2.35. The van der Waals surface area contributed by atoms with E-state index in [0.29, 0.717) is 6.07 Å². The Labute approximate surface area is 205 Å². The molecule has 34 heavy (non-hydrogen) atoms. The summed E-state index contributed by atoms with van der Waals surface area (Å²) in [6, 6.07) is 15.4. The number of carbonyl (C=O) groups is 1. The van der Waals surface area contributed by atoms with Crippen LogP contribution in [-0.4, -0.2) is 27.1 Å². The van der Waals surface area contributed by atoms with E-state index in [1.807, 2.05) is 13.2 Å². The number of carbonyl (C=O) groups excluding carboxylic acids is 1. The SMILES string of the molecule is CSc1ccc(S(=O)(=O)N(CC(=O)Nc2ccc(Cl)cc2C(F)(F)F)c2ccc(C)cc2)cc1. The number of hydrogen-bond donors (Lipinski definition) is 1. The molecule has 0 aliphatic carbocycles. The van der Waals surface area contributed by atoms with Crippen molar-refractivity contribution >= 4 is 50.7 Å². The zero-order chi connectivity index (χ0) is 25.1. The number of hydrogen-bond acceptors (Lipinski definition) is 4. The largest absolute Gasteiger partial charge is 0.418 e. The molecule has 3 rings (SSSR count). The van der Waals surface area contributed by atoms with Gasteiger partial charge in [0.15, 0.2) is 0 Å². The molecule has 1 N–H and O–H groups in total. The average molecular weight is 529 g/mol. The van der Waals surface area contributed by atoms with Crippen molar-refractivity contribution in [3.05, 3.63) is 82.9 Å². The number of rotatable bonds is 7. The number of nitrogens with zero attached hydrogens (tertiary/aromatic N) is 1. The van der Waals surface area contributed by atoms with Crippen LogP contribution in [0.5, 0.6) is 0 Å². The first kappa shape index (κ1) is 25.9. The summed E-state index contributed by atoms with van der Waals surface area (Å²) in [6.07, 6.45) is -2.92. The first-order valence-electron chi connectivity index (χ1n) is 9.82. The normalized spacial score (nSPS) is 11.8. The summed E-state index contributed by atoms with van der Waals surface area (Å²) in [5.41, 5.74) is -0.592. The second-order valence-corrected chi connectivity index (χ2v) is 10.4. The van der Waals surface area contributed by atoms with Crippen LogP contribution in [0.4, 0.5) is 24.5 Å². The van der Waals surface area contributed by atoms with Crippen molar-refractivity contribution in [2.45, 2.75) is 22.9 Å². The van der Waals surface area contributed by atoms with Gasteiger partial charge in [0.25, 0.3) is 10.0 Å². The Kier molecular flexibility index (Phi) is 7.84. The predicted octanol–water partition coefficient (Wildman–Crippen LogP) is 6.22. The zero-order valence-corrected chi connectivity index (χ0v) is 20.4. The summed E-state index contributed by atoms with van der Waals surface area (Å²) in [5, 5.41) is 2.02. The highest BCUT2D eigenvalue weighted by molar-refractivity contribution is 7.98. The van der Waals surface area contributed by atoms with Crippen LogP contribution in [0.15, 0.2) is 76.5 Å². The summed E-state index contributed by atoms with van der Waals surface area (Å²) < 4.78 is 67.9. The molecule has 0 heterocycles. The van der Waals surface area contributed by atoms with Crippen molar-refractivity contribution in [3.8, 4) is 0 Å². The van der Waals surface area contributed by atoms with Gasteiger partial charge in [-0.25, -0.2) is 8.42 Å². The molecule has 0 aliphatic rings. The van der Waals surface area contributed by atoms with Crippen LogP contribution in [-0.2, 0) is 21.0 Å². The van der Waals surface area contributed by atoms with E-state index in [1.54, 1.807) is 24.3 Å². The van der Waals surface area contributed by atoms with Gasteiger partial charge in [-0.05, 0) is 67.8 Å². The maximum atomic E-state index is 13.4. The van der Waals surface area contributed by atoms with Gasteiger partial charge in [-0.2, -0.15) is 13.2 Å². The van der Waals surface area contributed by atoms with Gasteiger partial charge in [-0.1, -0.05) is 29.3 Å².